The molecule has 1 amide bonds. The summed E-state index contributed by atoms with van der Waals surface area (Å²) in [4.78, 5) is 29.7. The molecule has 3 aromatic rings. The molecule has 0 saturated carbocycles. The SMILES string of the molecule is CC(C)N=c1ccccn1C(=O)c1ccc(NC(=O)c2ccco2)s1. The average Bonchev–Trinajstić information content (AvgIpc) is 3.26. The van der Waals surface area contributed by atoms with Crippen molar-refractivity contribution < 1.29 is 14.0 Å². The van der Waals surface area contributed by atoms with Crippen LogP contribution in [0.2, 0.25) is 0 Å². The maximum Gasteiger partial charge on any atom is 0.291 e. The van der Waals surface area contributed by atoms with Crippen molar-refractivity contribution in [1.82, 2.24) is 4.57 Å². The van der Waals surface area contributed by atoms with Gasteiger partial charge in [-0.3, -0.25) is 19.1 Å². The number of nitrogens with one attached hydrogen (secondary N) is 1. The Hall–Kier alpha value is -2.93. The Labute approximate surface area is 148 Å². The number of pyridine rings is 1. The normalized spacial score (nSPS) is 11.7. The summed E-state index contributed by atoms with van der Waals surface area (Å²) >= 11 is 1.20. The fraction of sp³-hybridized carbons (Fsp3) is 0.167. The van der Waals surface area contributed by atoms with E-state index in [1.165, 1.54) is 22.2 Å². The molecule has 0 aliphatic heterocycles. The van der Waals surface area contributed by atoms with E-state index in [1.54, 1.807) is 42.6 Å². The van der Waals surface area contributed by atoms with Gasteiger partial charge in [-0.05, 0) is 50.2 Å². The summed E-state index contributed by atoms with van der Waals surface area (Å²) in [6.45, 7) is 3.91. The molecule has 0 spiro atoms. The molecule has 7 heteroatoms. The molecule has 0 saturated heterocycles. The highest BCUT2D eigenvalue weighted by Crippen LogP contribution is 2.23. The van der Waals surface area contributed by atoms with Crippen molar-refractivity contribution in [3.8, 4) is 0 Å². The molecule has 128 valence electrons. The lowest BCUT2D eigenvalue weighted by Gasteiger charge is -2.05. The third kappa shape index (κ3) is 3.95. The van der Waals surface area contributed by atoms with Gasteiger partial charge in [0.05, 0.1) is 16.1 Å². The Kier molecular flexibility index (Phi) is 4.95. The van der Waals surface area contributed by atoms with Crippen LogP contribution in [0, 0.1) is 0 Å². The van der Waals surface area contributed by atoms with E-state index in [0.29, 0.717) is 15.4 Å². The summed E-state index contributed by atoms with van der Waals surface area (Å²) in [6, 6.07) is 12.1. The van der Waals surface area contributed by atoms with Crippen LogP contribution in [-0.2, 0) is 0 Å². The quantitative estimate of drug-likeness (QED) is 0.779. The molecule has 0 aliphatic rings. The van der Waals surface area contributed by atoms with Gasteiger partial charge in [-0.25, -0.2) is 0 Å². The molecule has 25 heavy (non-hydrogen) atoms. The topological polar surface area (TPSA) is 76.6 Å². The number of rotatable bonds is 4. The number of carbonyl (C=O) groups excluding carboxylic acids is 2. The number of aromatic nitrogens is 1. The lowest BCUT2D eigenvalue weighted by Crippen LogP contribution is -2.27. The van der Waals surface area contributed by atoms with Crippen LogP contribution in [0.15, 0.2) is 64.3 Å². The fourth-order valence-electron chi connectivity index (χ4n) is 2.20. The summed E-state index contributed by atoms with van der Waals surface area (Å²) in [5.74, 6) is -0.325. The number of amides is 1. The van der Waals surface area contributed by atoms with E-state index in [2.05, 4.69) is 10.3 Å². The predicted octanol–water partition coefficient (Wildman–Crippen LogP) is 3.39. The Morgan fingerprint density at radius 2 is 2.00 bits per heavy atom. The molecule has 0 aromatic carbocycles. The highest BCUT2D eigenvalue weighted by Gasteiger charge is 2.15. The second-order valence-corrected chi connectivity index (χ2v) is 6.64. The van der Waals surface area contributed by atoms with Crippen molar-refractivity contribution in [3.05, 3.63) is 71.0 Å². The standard InChI is InChI=1S/C18H17N3O3S/c1-12(2)19-15-7-3-4-10-21(15)18(23)14-8-9-16(25-14)20-17(22)13-6-5-11-24-13/h3-12H,1-2H3,(H,20,22). The Bertz CT molecular complexity index is 952. The van der Waals surface area contributed by atoms with Crippen LogP contribution in [0.5, 0.6) is 0 Å². The zero-order valence-electron chi connectivity index (χ0n) is 13.8. The van der Waals surface area contributed by atoms with Gasteiger partial charge in [0, 0.05) is 12.2 Å². The van der Waals surface area contributed by atoms with E-state index in [0.717, 1.165) is 0 Å². The van der Waals surface area contributed by atoms with Crippen LogP contribution >= 0.6 is 11.3 Å². The molecule has 0 radical (unpaired) electrons. The maximum atomic E-state index is 12.8. The lowest BCUT2D eigenvalue weighted by atomic mass is 10.4. The van der Waals surface area contributed by atoms with Gasteiger partial charge < -0.3 is 9.73 Å². The van der Waals surface area contributed by atoms with Crippen LogP contribution in [-0.4, -0.2) is 22.4 Å². The van der Waals surface area contributed by atoms with E-state index in [-0.39, 0.29) is 23.6 Å². The first-order valence-electron chi connectivity index (χ1n) is 7.75. The molecule has 3 aromatic heterocycles. The predicted molar refractivity (Wildman–Crippen MR) is 95.8 cm³/mol. The van der Waals surface area contributed by atoms with Gasteiger partial charge in [0.25, 0.3) is 11.8 Å². The largest absolute Gasteiger partial charge is 0.459 e. The molecule has 3 heterocycles. The zero-order valence-corrected chi connectivity index (χ0v) is 14.6. The summed E-state index contributed by atoms with van der Waals surface area (Å²) in [5, 5.41) is 3.29. The smallest absolute Gasteiger partial charge is 0.291 e. The first-order valence-corrected chi connectivity index (χ1v) is 8.57. The second kappa shape index (κ2) is 7.31. The number of hydrogen-bond donors (Lipinski definition) is 1. The van der Waals surface area contributed by atoms with Crippen LogP contribution in [0.1, 0.15) is 34.1 Å². The highest BCUT2D eigenvalue weighted by atomic mass is 32.1. The molecule has 0 atom stereocenters. The Morgan fingerprint density at radius 1 is 1.16 bits per heavy atom. The molecule has 0 aliphatic carbocycles. The minimum absolute atomic E-state index is 0.0768. The van der Waals surface area contributed by atoms with Gasteiger partial charge in [-0.15, -0.1) is 11.3 Å². The minimum atomic E-state index is -0.353. The molecule has 0 unspecified atom stereocenters. The zero-order chi connectivity index (χ0) is 17.8. The molecule has 1 N–H and O–H groups in total. The van der Waals surface area contributed by atoms with E-state index in [9.17, 15) is 9.59 Å². The third-order valence-corrected chi connectivity index (χ3v) is 4.23. The first-order chi connectivity index (χ1) is 12.0. The monoisotopic (exact) mass is 355 g/mol. The van der Waals surface area contributed by atoms with Crippen molar-refractivity contribution in [2.75, 3.05) is 5.32 Å². The number of hydrogen-bond acceptors (Lipinski definition) is 5. The minimum Gasteiger partial charge on any atom is -0.459 e. The van der Waals surface area contributed by atoms with Gasteiger partial charge in [0.15, 0.2) is 5.76 Å². The maximum absolute atomic E-state index is 12.8. The summed E-state index contributed by atoms with van der Waals surface area (Å²) < 4.78 is 6.56. The molecule has 0 bridgehead atoms. The Morgan fingerprint density at radius 3 is 2.72 bits per heavy atom. The van der Waals surface area contributed by atoms with Crippen LogP contribution < -0.4 is 10.8 Å². The lowest BCUT2D eigenvalue weighted by molar-refractivity contribution is 0.0957. The van der Waals surface area contributed by atoms with Gasteiger partial charge in [-0.2, -0.15) is 0 Å². The fourth-order valence-corrected chi connectivity index (χ4v) is 3.03. The van der Waals surface area contributed by atoms with E-state index < -0.39 is 0 Å². The first kappa shape index (κ1) is 16.9. The summed E-state index contributed by atoms with van der Waals surface area (Å²) in [5.41, 5.74) is 0.595. The molecular weight excluding hydrogens is 338 g/mol. The summed E-state index contributed by atoms with van der Waals surface area (Å²) in [6.07, 6.45) is 3.12. The van der Waals surface area contributed by atoms with Gasteiger partial charge in [-0.1, -0.05) is 6.07 Å². The highest BCUT2D eigenvalue weighted by molar-refractivity contribution is 7.18. The molecular formula is C18H17N3O3S. The van der Waals surface area contributed by atoms with E-state index in [1.807, 2.05) is 19.9 Å². The third-order valence-electron chi connectivity index (χ3n) is 3.25. The van der Waals surface area contributed by atoms with E-state index in [4.69, 9.17) is 4.42 Å². The number of furan rings is 1. The van der Waals surface area contributed by atoms with Crippen molar-refractivity contribution in [1.29, 1.82) is 0 Å². The van der Waals surface area contributed by atoms with Gasteiger partial charge in [0.2, 0.25) is 0 Å². The molecule has 6 nitrogen and oxygen atoms in total. The average molecular weight is 355 g/mol. The second-order valence-electron chi connectivity index (χ2n) is 5.55. The van der Waals surface area contributed by atoms with Crippen LogP contribution in [0.25, 0.3) is 0 Å². The van der Waals surface area contributed by atoms with Gasteiger partial charge >= 0.3 is 0 Å². The van der Waals surface area contributed by atoms with Crippen molar-refractivity contribution in [2.24, 2.45) is 4.99 Å². The number of anilines is 1. The molecule has 0 fully saturated rings. The van der Waals surface area contributed by atoms with Crippen molar-refractivity contribution >= 4 is 28.2 Å². The summed E-state index contributed by atoms with van der Waals surface area (Å²) in [7, 11) is 0. The number of nitrogens with zero attached hydrogens (tertiary/aromatic N) is 2. The Balaban J connectivity index is 1.83. The van der Waals surface area contributed by atoms with Gasteiger partial charge in [0.1, 0.15) is 5.49 Å². The van der Waals surface area contributed by atoms with Crippen molar-refractivity contribution in [3.63, 3.8) is 0 Å². The number of carbonyl (C=O) groups is 2. The molecule has 3 rings (SSSR count). The number of thiophene rings is 1. The van der Waals surface area contributed by atoms with Crippen LogP contribution in [0.3, 0.4) is 0 Å². The van der Waals surface area contributed by atoms with Crippen molar-refractivity contribution in [2.45, 2.75) is 19.9 Å². The van der Waals surface area contributed by atoms with E-state index >= 15 is 0 Å². The van der Waals surface area contributed by atoms with Crippen LogP contribution in [0.4, 0.5) is 5.00 Å².